The molecule has 0 aliphatic carbocycles. The van der Waals surface area contributed by atoms with Gasteiger partial charge >= 0.3 is 0 Å². The van der Waals surface area contributed by atoms with E-state index in [0.29, 0.717) is 6.42 Å². The summed E-state index contributed by atoms with van der Waals surface area (Å²) >= 11 is 1.53. The molecule has 0 aliphatic rings. The second-order valence-electron chi connectivity index (χ2n) is 3.70. The van der Waals surface area contributed by atoms with Gasteiger partial charge in [-0.25, -0.2) is 13.8 Å². The number of halogens is 2. The summed E-state index contributed by atoms with van der Waals surface area (Å²) in [6.07, 6.45) is 0.572. The maximum Gasteiger partial charge on any atom is 0.182 e. The molecule has 0 saturated heterocycles. The molecule has 0 fully saturated rings. The SMILES string of the molecule is CNc1nc(C)c(Cc2ccc(F)c(F)c2)s1. The molecule has 90 valence electrons. The minimum atomic E-state index is -0.814. The van der Waals surface area contributed by atoms with Gasteiger partial charge in [0.15, 0.2) is 16.8 Å². The first-order chi connectivity index (χ1) is 8.10. The standard InChI is InChI=1S/C12H12F2N2S/c1-7-11(17-12(15-2)16-7)6-8-3-4-9(13)10(14)5-8/h3-5H,6H2,1-2H3,(H,15,16). The van der Waals surface area contributed by atoms with Crippen LogP contribution in [0, 0.1) is 18.6 Å². The predicted octanol–water partition coefficient (Wildman–Crippen LogP) is 3.36. The minimum Gasteiger partial charge on any atom is -0.365 e. The molecule has 17 heavy (non-hydrogen) atoms. The first kappa shape index (κ1) is 12.0. The molecule has 1 heterocycles. The Morgan fingerprint density at radius 1 is 1.29 bits per heavy atom. The van der Waals surface area contributed by atoms with Crippen molar-refractivity contribution in [1.82, 2.24) is 4.98 Å². The second kappa shape index (κ2) is 4.79. The van der Waals surface area contributed by atoms with Crippen LogP contribution in [0.1, 0.15) is 16.1 Å². The number of rotatable bonds is 3. The molecular weight excluding hydrogens is 242 g/mol. The minimum absolute atomic E-state index is 0.572. The summed E-state index contributed by atoms with van der Waals surface area (Å²) < 4.78 is 25.8. The van der Waals surface area contributed by atoms with Gasteiger partial charge in [0.25, 0.3) is 0 Å². The Morgan fingerprint density at radius 3 is 2.65 bits per heavy atom. The Bertz CT molecular complexity index is 537. The van der Waals surface area contributed by atoms with Crippen molar-refractivity contribution in [3.63, 3.8) is 0 Å². The van der Waals surface area contributed by atoms with Crippen LogP contribution in [0.4, 0.5) is 13.9 Å². The van der Waals surface area contributed by atoms with Gasteiger partial charge in [-0.3, -0.25) is 0 Å². The van der Waals surface area contributed by atoms with Gasteiger partial charge in [0.2, 0.25) is 0 Å². The van der Waals surface area contributed by atoms with Crippen LogP contribution in [-0.2, 0) is 6.42 Å². The van der Waals surface area contributed by atoms with E-state index in [-0.39, 0.29) is 0 Å². The van der Waals surface area contributed by atoms with Gasteiger partial charge in [0.1, 0.15) is 0 Å². The molecule has 0 atom stereocenters. The quantitative estimate of drug-likeness (QED) is 0.908. The van der Waals surface area contributed by atoms with Crippen molar-refractivity contribution < 1.29 is 8.78 Å². The summed E-state index contributed by atoms with van der Waals surface area (Å²) in [5.41, 5.74) is 1.67. The summed E-state index contributed by atoms with van der Waals surface area (Å²) in [6.45, 7) is 1.91. The lowest BCUT2D eigenvalue weighted by Gasteiger charge is -2.00. The fourth-order valence-electron chi connectivity index (χ4n) is 1.53. The molecule has 0 radical (unpaired) electrons. The maximum absolute atomic E-state index is 13.1. The Hall–Kier alpha value is -1.49. The summed E-state index contributed by atoms with van der Waals surface area (Å²) in [7, 11) is 1.81. The van der Waals surface area contributed by atoms with Gasteiger partial charge in [-0.2, -0.15) is 0 Å². The van der Waals surface area contributed by atoms with Crippen LogP contribution in [0.2, 0.25) is 0 Å². The number of nitrogens with one attached hydrogen (secondary N) is 1. The fourth-order valence-corrected chi connectivity index (χ4v) is 2.48. The topological polar surface area (TPSA) is 24.9 Å². The molecule has 0 amide bonds. The van der Waals surface area contributed by atoms with E-state index in [0.717, 1.165) is 27.3 Å². The van der Waals surface area contributed by atoms with Crippen molar-refractivity contribution in [1.29, 1.82) is 0 Å². The summed E-state index contributed by atoms with van der Waals surface area (Å²) in [5, 5.41) is 3.80. The Labute approximate surface area is 102 Å². The van der Waals surface area contributed by atoms with E-state index in [1.54, 1.807) is 13.1 Å². The molecule has 0 unspecified atom stereocenters. The summed E-state index contributed by atoms with van der Waals surface area (Å²) in [4.78, 5) is 5.36. The number of benzene rings is 1. The molecule has 1 aromatic heterocycles. The molecular formula is C12H12F2N2S. The lowest BCUT2D eigenvalue weighted by atomic mass is 10.1. The van der Waals surface area contributed by atoms with E-state index in [9.17, 15) is 8.78 Å². The second-order valence-corrected chi connectivity index (χ2v) is 4.79. The van der Waals surface area contributed by atoms with Crippen molar-refractivity contribution in [2.24, 2.45) is 0 Å². The number of aryl methyl sites for hydroxylation is 1. The van der Waals surface area contributed by atoms with Gasteiger partial charge in [0.05, 0.1) is 5.69 Å². The smallest absolute Gasteiger partial charge is 0.182 e. The number of aromatic nitrogens is 1. The Kier molecular flexibility index (Phi) is 3.38. The zero-order chi connectivity index (χ0) is 12.4. The summed E-state index contributed by atoms with van der Waals surface area (Å²) in [5.74, 6) is -1.62. The summed E-state index contributed by atoms with van der Waals surface area (Å²) in [6, 6.07) is 3.98. The van der Waals surface area contributed by atoms with Crippen molar-refractivity contribution in [2.45, 2.75) is 13.3 Å². The van der Waals surface area contributed by atoms with Gasteiger partial charge < -0.3 is 5.32 Å². The molecule has 1 N–H and O–H groups in total. The fraction of sp³-hybridized carbons (Fsp3) is 0.250. The molecule has 5 heteroatoms. The van der Waals surface area contributed by atoms with Crippen molar-refractivity contribution >= 4 is 16.5 Å². The molecule has 2 nitrogen and oxygen atoms in total. The number of anilines is 1. The highest BCUT2D eigenvalue weighted by Gasteiger charge is 2.09. The third kappa shape index (κ3) is 2.61. The van der Waals surface area contributed by atoms with Crippen LogP contribution in [-0.4, -0.2) is 12.0 Å². The monoisotopic (exact) mass is 254 g/mol. The predicted molar refractivity (Wildman–Crippen MR) is 65.6 cm³/mol. The van der Waals surface area contributed by atoms with Crippen molar-refractivity contribution in [3.05, 3.63) is 46.0 Å². The molecule has 0 saturated carbocycles. The van der Waals surface area contributed by atoms with Gasteiger partial charge in [-0.05, 0) is 24.6 Å². The van der Waals surface area contributed by atoms with Gasteiger partial charge in [-0.15, -0.1) is 11.3 Å². The van der Waals surface area contributed by atoms with E-state index < -0.39 is 11.6 Å². The van der Waals surface area contributed by atoms with Crippen molar-refractivity contribution in [3.8, 4) is 0 Å². The van der Waals surface area contributed by atoms with Gasteiger partial charge in [-0.1, -0.05) is 6.07 Å². The van der Waals surface area contributed by atoms with Gasteiger partial charge in [0, 0.05) is 18.3 Å². The Morgan fingerprint density at radius 2 is 2.06 bits per heavy atom. The number of hydrogen-bond donors (Lipinski definition) is 1. The Balaban J connectivity index is 2.24. The van der Waals surface area contributed by atoms with Crippen LogP contribution < -0.4 is 5.32 Å². The zero-order valence-corrected chi connectivity index (χ0v) is 10.4. The van der Waals surface area contributed by atoms with Crippen LogP contribution in [0.5, 0.6) is 0 Å². The highest BCUT2D eigenvalue weighted by Crippen LogP contribution is 2.25. The third-order valence-corrected chi connectivity index (χ3v) is 3.63. The number of hydrogen-bond acceptors (Lipinski definition) is 3. The van der Waals surface area contributed by atoms with Crippen LogP contribution >= 0.6 is 11.3 Å². The average Bonchev–Trinajstić information content (AvgIpc) is 2.65. The highest BCUT2D eigenvalue weighted by molar-refractivity contribution is 7.15. The molecule has 2 aromatic rings. The lowest BCUT2D eigenvalue weighted by Crippen LogP contribution is -1.91. The molecule has 0 spiro atoms. The normalized spacial score (nSPS) is 10.6. The first-order valence-electron chi connectivity index (χ1n) is 5.18. The highest BCUT2D eigenvalue weighted by atomic mass is 32.1. The van der Waals surface area contributed by atoms with E-state index in [1.807, 2.05) is 6.92 Å². The average molecular weight is 254 g/mol. The van der Waals surface area contributed by atoms with E-state index in [2.05, 4.69) is 10.3 Å². The number of thiazole rings is 1. The van der Waals surface area contributed by atoms with Crippen LogP contribution in [0.15, 0.2) is 18.2 Å². The third-order valence-electron chi connectivity index (χ3n) is 2.46. The zero-order valence-electron chi connectivity index (χ0n) is 9.55. The van der Waals surface area contributed by atoms with Crippen molar-refractivity contribution in [2.75, 3.05) is 12.4 Å². The van der Waals surface area contributed by atoms with E-state index >= 15 is 0 Å². The first-order valence-corrected chi connectivity index (χ1v) is 6.00. The molecule has 0 aliphatic heterocycles. The largest absolute Gasteiger partial charge is 0.365 e. The van der Waals surface area contributed by atoms with Crippen LogP contribution in [0.25, 0.3) is 0 Å². The number of nitrogens with zero attached hydrogens (tertiary/aromatic N) is 1. The van der Waals surface area contributed by atoms with E-state index in [1.165, 1.54) is 17.4 Å². The molecule has 2 rings (SSSR count). The lowest BCUT2D eigenvalue weighted by molar-refractivity contribution is 0.507. The van der Waals surface area contributed by atoms with E-state index in [4.69, 9.17) is 0 Å². The van der Waals surface area contributed by atoms with Crippen LogP contribution in [0.3, 0.4) is 0 Å². The molecule has 1 aromatic carbocycles. The maximum atomic E-state index is 13.1. The molecule has 0 bridgehead atoms.